The third-order valence-corrected chi connectivity index (χ3v) is 3.32. The van der Waals surface area contributed by atoms with Gasteiger partial charge < -0.3 is 14.5 Å². The second-order valence-corrected chi connectivity index (χ2v) is 5.25. The summed E-state index contributed by atoms with van der Waals surface area (Å²) in [6.45, 7) is 1.38. The van der Waals surface area contributed by atoms with E-state index in [1.165, 1.54) is 31.4 Å². The van der Waals surface area contributed by atoms with E-state index in [4.69, 9.17) is 20.8 Å². The van der Waals surface area contributed by atoms with Crippen molar-refractivity contribution < 1.29 is 23.7 Å². The molecule has 1 amide bonds. The third kappa shape index (κ3) is 5.18. The van der Waals surface area contributed by atoms with E-state index >= 15 is 0 Å². The van der Waals surface area contributed by atoms with E-state index in [-0.39, 0.29) is 16.4 Å². The summed E-state index contributed by atoms with van der Waals surface area (Å²) in [6, 6.07) is 6.92. The highest BCUT2D eigenvalue weighted by Crippen LogP contribution is 2.26. The number of hydrogen-bond donors (Lipinski definition) is 1. The molecule has 0 radical (unpaired) electrons. The molecule has 0 aliphatic carbocycles. The number of nitro groups is 1. The molecule has 1 heterocycles. The number of non-ortho nitro benzene ring substituents is 1. The summed E-state index contributed by atoms with van der Waals surface area (Å²) in [6.07, 6.45) is 2.89. The Morgan fingerprint density at radius 1 is 1.40 bits per heavy atom. The molecule has 1 N–H and O–H groups in total. The molecule has 0 saturated carbocycles. The maximum atomic E-state index is 12.0. The SMILES string of the molecule is C[C@@H](OC(=O)/C=C/c1ccco1)C(=O)Nc1ccc([N+](=O)[O-])cc1Cl. The van der Waals surface area contributed by atoms with Crippen molar-refractivity contribution in [3.05, 3.63) is 63.6 Å². The summed E-state index contributed by atoms with van der Waals surface area (Å²) >= 11 is 5.89. The van der Waals surface area contributed by atoms with E-state index in [1.807, 2.05) is 0 Å². The first-order valence-corrected chi connectivity index (χ1v) is 7.41. The lowest BCUT2D eigenvalue weighted by Crippen LogP contribution is -2.29. The maximum absolute atomic E-state index is 12.0. The van der Waals surface area contributed by atoms with E-state index in [0.717, 1.165) is 12.1 Å². The molecular weight excluding hydrogens is 352 g/mol. The number of nitro benzene ring substituents is 1. The molecule has 0 fully saturated rings. The number of benzene rings is 1. The zero-order valence-electron chi connectivity index (χ0n) is 13.0. The van der Waals surface area contributed by atoms with Crippen molar-refractivity contribution in [3.63, 3.8) is 0 Å². The molecule has 0 saturated heterocycles. The van der Waals surface area contributed by atoms with Crippen LogP contribution in [0.2, 0.25) is 5.02 Å². The Morgan fingerprint density at radius 3 is 2.76 bits per heavy atom. The summed E-state index contributed by atoms with van der Waals surface area (Å²) in [7, 11) is 0. The van der Waals surface area contributed by atoms with Crippen LogP contribution < -0.4 is 5.32 Å². The highest BCUT2D eigenvalue weighted by Gasteiger charge is 2.18. The van der Waals surface area contributed by atoms with Crippen LogP contribution >= 0.6 is 11.6 Å². The Balaban J connectivity index is 1.93. The molecule has 0 unspecified atom stereocenters. The fourth-order valence-corrected chi connectivity index (χ4v) is 1.98. The molecule has 0 aliphatic rings. The molecule has 1 aromatic heterocycles. The molecule has 2 rings (SSSR count). The predicted octanol–water partition coefficient (Wildman–Crippen LogP) is 3.42. The van der Waals surface area contributed by atoms with Crippen LogP contribution in [0.15, 0.2) is 47.1 Å². The van der Waals surface area contributed by atoms with Gasteiger partial charge in [-0.2, -0.15) is 0 Å². The van der Waals surface area contributed by atoms with Gasteiger partial charge in [0.2, 0.25) is 0 Å². The first-order valence-electron chi connectivity index (χ1n) is 7.04. The van der Waals surface area contributed by atoms with Crippen LogP contribution in [0.5, 0.6) is 0 Å². The van der Waals surface area contributed by atoms with Crippen molar-refractivity contribution in [2.24, 2.45) is 0 Å². The highest BCUT2D eigenvalue weighted by molar-refractivity contribution is 6.34. The quantitative estimate of drug-likeness (QED) is 0.364. The van der Waals surface area contributed by atoms with Gasteiger partial charge in [-0.25, -0.2) is 4.79 Å². The van der Waals surface area contributed by atoms with Gasteiger partial charge in [0.05, 0.1) is 21.9 Å². The van der Waals surface area contributed by atoms with Gasteiger partial charge in [0, 0.05) is 18.2 Å². The zero-order chi connectivity index (χ0) is 18.4. The fraction of sp³-hybridized carbons (Fsp3) is 0.125. The van der Waals surface area contributed by atoms with Gasteiger partial charge in [-0.15, -0.1) is 0 Å². The van der Waals surface area contributed by atoms with Crippen LogP contribution in [0.4, 0.5) is 11.4 Å². The number of anilines is 1. The number of hydrogen-bond acceptors (Lipinski definition) is 6. The van der Waals surface area contributed by atoms with Gasteiger partial charge in [0.25, 0.3) is 11.6 Å². The lowest BCUT2D eigenvalue weighted by atomic mass is 10.2. The summed E-state index contributed by atoms with van der Waals surface area (Å²) < 4.78 is 9.97. The number of furan rings is 1. The van der Waals surface area contributed by atoms with Crippen LogP contribution in [0.25, 0.3) is 6.08 Å². The molecule has 25 heavy (non-hydrogen) atoms. The predicted molar refractivity (Wildman–Crippen MR) is 90.0 cm³/mol. The molecule has 1 atom stereocenters. The lowest BCUT2D eigenvalue weighted by molar-refractivity contribution is -0.384. The van der Waals surface area contributed by atoms with E-state index in [9.17, 15) is 19.7 Å². The number of ether oxygens (including phenoxy) is 1. The average molecular weight is 365 g/mol. The summed E-state index contributed by atoms with van der Waals surface area (Å²) in [5.74, 6) is -0.893. The summed E-state index contributed by atoms with van der Waals surface area (Å²) in [5, 5.41) is 13.1. The number of carbonyl (C=O) groups excluding carboxylic acids is 2. The summed E-state index contributed by atoms with van der Waals surface area (Å²) in [4.78, 5) is 33.7. The van der Waals surface area contributed by atoms with Gasteiger partial charge >= 0.3 is 5.97 Å². The average Bonchev–Trinajstić information content (AvgIpc) is 3.08. The van der Waals surface area contributed by atoms with Crippen LogP contribution in [0.3, 0.4) is 0 Å². The Morgan fingerprint density at radius 2 is 2.16 bits per heavy atom. The van der Waals surface area contributed by atoms with Gasteiger partial charge in [-0.1, -0.05) is 11.6 Å². The zero-order valence-corrected chi connectivity index (χ0v) is 13.7. The number of nitrogens with zero attached hydrogens (tertiary/aromatic N) is 1. The standard InChI is InChI=1S/C16H13ClN2O6/c1-10(25-15(20)7-5-12-3-2-8-24-12)16(21)18-14-6-4-11(19(22)23)9-13(14)17/h2-10H,1H3,(H,18,21)/b7-5+/t10-/m1/s1. The van der Waals surface area contributed by atoms with Crippen molar-refractivity contribution >= 4 is 40.9 Å². The van der Waals surface area contributed by atoms with Gasteiger partial charge in [-0.05, 0) is 31.2 Å². The smallest absolute Gasteiger partial charge is 0.331 e. The highest BCUT2D eigenvalue weighted by atomic mass is 35.5. The minimum Gasteiger partial charge on any atom is -0.465 e. The van der Waals surface area contributed by atoms with E-state index < -0.39 is 22.9 Å². The van der Waals surface area contributed by atoms with Crippen molar-refractivity contribution in [2.45, 2.75) is 13.0 Å². The monoisotopic (exact) mass is 364 g/mol. The van der Waals surface area contributed by atoms with Crippen LogP contribution in [-0.4, -0.2) is 22.9 Å². The molecule has 8 nitrogen and oxygen atoms in total. The van der Waals surface area contributed by atoms with Crippen LogP contribution in [0.1, 0.15) is 12.7 Å². The van der Waals surface area contributed by atoms with E-state index in [2.05, 4.69) is 5.32 Å². The largest absolute Gasteiger partial charge is 0.465 e. The Hall–Kier alpha value is -3.13. The number of nitrogens with one attached hydrogen (secondary N) is 1. The molecule has 0 spiro atoms. The molecule has 0 aliphatic heterocycles. The molecule has 2 aromatic rings. The molecule has 9 heteroatoms. The van der Waals surface area contributed by atoms with Gasteiger partial charge in [0.1, 0.15) is 5.76 Å². The minimum absolute atomic E-state index is 0.00112. The number of halogens is 1. The maximum Gasteiger partial charge on any atom is 0.331 e. The number of amides is 1. The minimum atomic E-state index is -1.10. The lowest BCUT2D eigenvalue weighted by Gasteiger charge is -2.13. The van der Waals surface area contributed by atoms with Crippen molar-refractivity contribution in [2.75, 3.05) is 5.32 Å². The van der Waals surface area contributed by atoms with Gasteiger partial charge in [0.15, 0.2) is 6.10 Å². The van der Waals surface area contributed by atoms with Crippen LogP contribution in [-0.2, 0) is 14.3 Å². The van der Waals surface area contributed by atoms with Crippen molar-refractivity contribution in [1.29, 1.82) is 0 Å². The molecule has 1 aromatic carbocycles. The summed E-state index contributed by atoms with van der Waals surface area (Å²) in [5.41, 5.74) is -0.0307. The van der Waals surface area contributed by atoms with Crippen LogP contribution in [0, 0.1) is 10.1 Å². The second kappa shape index (κ2) is 8.11. The van der Waals surface area contributed by atoms with E-state index in [1.54, 1.807) is 12.1 Å². The van der Waals surface area contributed by atoms with Crippen molar-refractivity contribution in [3.8, 4) is 0 Å². The molecular formula is C16H13ClN2O6. The number of rotatable bonds is 6. The number of esters is 1. The van der Waals surface area contributed by atoms with Crippen molar-refractivity contribution in [1.82, 2.24) is 0 Å². The first kappa shape index (κ1) is 18.2. The topological polar surface area (TPSA) is 112 Å². The molecule has 130 valence electrons. The Labute approximate surface area is 147 Å². The third-order valence-electron chi connectivity index (χ3n) is 3.01. The first-order chi connectivity index (χ1) is 11.9. The van der Waals surface area contributed by atoms with Gasteiger partial charge in [-0.3, -0.25) is 14.9 Å². The fourth-order valence-electron chi connectivity index (χ4n) is 1.76. The second-order valence-electron chi connectivity index (χ2n) is 4.84. The normalized spacial score (nSPS) is 11.9. The number of carbonyl (C=O) groups is 2. The Bertz CT molecular complexity index is 816. The Kier molecular flexibility index (Phi) is 5.91. The molecule has 0 bridgehead atoms. The van der Waals surface area contributed by atoms with E-state index in [0.29, 0.717) is 5.76 Å².